The van der Waals surface area contributed by atoms with Crippen LogP contribution in [0.5, 0.6) is 0 Å². The molecule has 0 fully saturated rings. The van der Waals surface area contributed by atoms with Gasteiger partial charge in [0.05, 0.1) is 15.6 Å². The zero-order valence-electron chi connectivity index (χ0n) is 13.7. The Balaban J connectivity index is 2.16. The number of benzene rings is 1. The standard InChI is InChI=1S/C15H14ClF3N2O4S2/c1-14(23,15(17,18)19)13(22)21-12-5-4-10(7-11(12)16)27(24,25)20-8-9-3-2-6-26-9/h2-7,20,23H,8H2,1H3,(H,21,22)/t14-/m1/s1. The fourth-order valence-electron chi connectivity index (χ4n) is 1.80. The van der Waals surface area contributed by atoms with E-state index in [0.29, 0.717) is 6.92 Å². The van der Waals surface area contributed by atoms with Gasteiger partial charge in [-0.15, -0.1) is 11.3 Å². The number of nitrogens with one attached hydrogen (secondary N) is 2. The Morgan fingerprint density at radius 1 is 1.30 bits per heavy atom. The molecule has 0 saturated carbocycles. The van der Waals surface area contributed by atoms with Crippen molar-refractivity contribution in [3.05, 3.63) is 45.6 Å². The lowest BCUT2D eigenvalue weighted by atomic mass is 10.1. The van der Waals surface area contributed by atoms with Gasteiger partial charge in [0.15, 0.2) is 0 Å². The first-order valence-electron chi connectivity index (χ1n) is 7.27. The van der Waals surface area contributed by atoms with Crippen LogP contribution in [0.25, 0.3) is 0 Å². The Kier molecular flexibility index (Phi) is 6.22. The van der Waals surface area contributed by atoms with E-state index >= 15 is 0 Å². The van der Waals surface area contributed by atoms with Crippen molar-refractivity contribution >= 4 is 44.6 Å². The number of aliphatic hydroxyl groups is 1. The number of anilines is 1. The lowest BCUT2D eigenvalue weighted by molar-refractivity contribution is -0.242. The van der Waals surface area contributed by atoms with Crippen LogP contribution in [0.2, 0.25) is 5.02 Å². The number of halogens is 4. The molecule has 6 nitrogen and oxygen atoms in total. The molecule has 0 radical (unpaired) electrons. The van der Waals surface area contributed by atoms with Crippen molar-refractivity contribution in [2.75, 3.05) is 5.32 Å². The highest BCUT2D eigenvalue weighted by Gasteiger charge is 2.55. The average Bonchev–Trinajstić information content (AvgIpc) is 3.07. The summed E-state index contributed by atoms with van der Waals surface area (Å²) in [4.78, 5) is 12.2. The molecule has 0 aliphatic heterocycles. The highest BCUT2D eigenvalue weighted by molar-refractivity contribution is 7.89. The van der Waals surface area contributed by atoms with E-state index in [2.05, 4.69) is 4.72 Å². The molecule has 1 aromatic heterocycles. The molecule has 0 bridgehead atoms. The number of alkyl halides is 3. The van der Waals surface area contributed by atoms with E-state index in [9.17, 15) is 31.5 Å². The van der Waals surface area contributed by atoms with Crippen LogP contribution >= 0.6 is 22.9 Å². The molecule has 1 aromatic carbocycles. The molecule has 27 heavy (non-hydrogen) atoms. The van der Waals surface area contributed by atoms with Crippen molar-refractivity contribution in [1.82, 2.24) is 4.72 Å². The number of carbonyl (C=O) groups is 1. The minimum Gasteiger partial charge on any atom is -0.373 e. The predicted octanol–water partition coefficient (Wildman–Crippen LogP) is 3.13. The first-order chi connectivity index (χ1) is 12.3. The third-order valence-corrected chi connectivity index (χ3v) is 6.10. The molecule has 3 N–H and O–H groups in total. The van der Waals surface area contributed by atoms with Crippen molar-refractivity contribution in [1.29, 1.82) is 0 Å². The van der Waals surface area contributed by atoms with Crippen molar-refractivity contribution in [3.8, 4) is 0 Å². The second-order valence-electron chi connectivity index (χ2n) is 5.57. The van der Waals surface area contributed by atoms with E-state index < -0.39 is 27.7 Å². The van der Waals surface area contributed by atoms with Gasteiger partial charge in [-0.2, -0.15) is 13.2 Å². The molecule has 12 heteroatoms. The fourth-order valence-corrected chi connectivity index (χ4v) is 3.86. The van der Waals surface area contributed by atoms with Crippen LogP contribution in [0.1, 0.15) is 11.8 Å². The van der Waals surface area contributed by atoms with Crippen LogP contribution in [0, 0.1) is 0 Å². The Bertz CT molecular complexity index is 929. The normalized spacial score (nSPS) is 14.6. The number of amides is 1. The summed E-state index contributed by atoms with van der Waals surface area (Å²) in [5.74, 6) is -1.75. The van der Waals surface area contributed by atoms with Crippen molar-refractivity contribution in [3.63, 3.8) is 0 Å². The van der Waals surface area contributed by atoms with Crippen LogP contribution in [-0.2, 0) is 21.4 Å². The van der Waals surface area contributed by atoms with Gasteiger partial charge in [-0.25, -0.2) is 13.1 Å². The molecule has 0 unspecified atom stereocenters. The first kappa shape index (κ1) is 21.6. The van der Waals surface area contributed by atoms with E-state index in [1.54, 1.807) is 17.5 Å². The quantitative estimate of drug-likeness (QED) is 0.640. The van der Waals surface area contributed by atoms with Crippen molar-refractivity contribution in [2.24, 2.45) is 0 Å². The van der Waals surface area contributed by atoms with Gasteiger partial charge in [0.1, 0.15) is 0 Å². The average molecular weight is 443 g/mol. The van der Waals surface area contributed by atoms with Crippen LogP contribution in [0.3, 0.4) is 0 Å². The lowest BCUT2D eigenvalue weighted by Gasteiger charge is -2.25. The Hall–Kier alpha value is -1.66. The maximum atomic E-state index is 12.7. The zero-order chi connectivity index (χ0) is 20.5. The minimum absolute atomic E-state index is 0.0601. The lowest BCUT2D eigenvalue weighted by Crippen LogP contribution is -2.52. The summed E-state index contributed by atoms with van der Waals surface area (Å²) in [6, 6.07) is 6.59. The summed E-state index contributed by atoms with van der Waals surface area (Å²) >= 11 is 7.24. The molecule has 1 amide bonds. The van der Waals surface area contributed by atoms with E-state index in [4.69, 9.17) is 11.6 Å². The number of thiophene rings is 1. The second kappa shape index (κ2) is 7.76. The van der Waals surface area contributed by atoms with Gasteiger partial charge in [-0.3, -0.25) is 4.79 Å². The number of hydrogen-bond donors (Lipinski definition) is 3. The van der Waals surface area contributed by atoms with Crippen LogP contribution in [-0.4, -0.2) is 31.2 Å². The molecule has 2 rings (SSSR count). The summed E-state index contributed by atoms with van der Waals surface area (Å²) < 4.78 is 64.9. The van der Waals surface area contributed by atoms with E-state index in [0.717, 1.165) is 23.1 Å². The molecule has 0 saturated heterocycles. The zero-order valence-corrected chi connectivity index (χ0v) is 16.1. The Morgan fingerprint density at radius 2 is 1.96 bits per heavy atom. The topological polar surface area (TPSA) is 95.5 Å². The van der Waals surface area contributed by atoms with Crippen LogP contribution < -0.4 is 10.0 Å². The maximum Gasteiger partial charge on any atom is 0.426 e. The molecule has 2 aromatic rings. The predicted molar refractivity (Wildman–Crippen MR) is 95.1 cm³/mol. The number of rotatable bonds is 6. The summed E-state index contributed by atoms with van der Waals surface area (Å²) in [5, 5.41) is 12.6. The Labute approximate surface area is 162 Å². The molecule has 1 atom stereocenters. The van der Waals surface area contributed by atoms with Gasteiger partial charge in [0.25, 0.3) is 5.91 Å². The fraction of sp³-hybridized carbons (Fsp3) is 0.267. The highest BCUT2D eigenvalue weighted by atomic mass is 35.5. The summed E-state index contributed by atoms with van der Waals surface area (Å²) in [6.45, 7) is 0.355. The summed E-state index contributed by atoms with van der Waals surface area (Å²) in [6.07, 6.45) is -5.20. The van der Waals surface area contributed by atoms with Gasteiger partial charge < -0.3 is 10.4 Å². The number of carbonyl (C=O) groups excluding carboxylic acids is 1. The van der Waals surface area contributed by atoms with E-state index in [1.165, 1.54) is 11.3 Å². The third-order valence-electron chi connectivity index (χ3n) is 3.51. The monoisotopic (exact) mass is 442 g/mol. The molecule has 0 aliphatic rings. The first-order valence-corrected chi connectivity index (χ1v) is 10.0. The van der Waals surface area contributed by atoms with Gasteiger partial charge >= 0.3 is 6.18 Å². The molecule has 0 spiro atoms. The molecule has 0 aliphatic carbocycles. The maximum absolute atomic E-state index is 12.7. The van der Waals surface area contributed by atoms with Crippen LogP contribution in [0.15, 0.2) is 40.6 Å². The molecular weight excluding hydrogens is 429 g/mol. The molecule has 148 valence electrons. The minimum atomic E-state index is -5.20. The van der Waals surface area contributed by atoms with Crippen LogP contribution in [0.4, 0.5) is 18.9 Å². The van der Waals surface area contributed by atoms with Gasteiger partial charge in [-0.05, 0) is 36.6 Å². The largest absolute Gasteiger partial charge is 0.426 e. The third kappa shape index (κ3) is 4.99. The van der Waals surface area contributed by atoms with Gasteiger partial charge in [-0.1, -0.05) is 17.7 Å². The Morgan fingerprint density at radius 3 is 2.48 bits per heavy atom. The van der Waals surface area contributed by atoms with Gasteiger partial charge in [0.2, 0.25) is 15.6 Å². The smallest absolute Gasteiger partial charge is 0.373 e. The van der Waals surface area contributed by atoms with E-state index in [-0.39, 0.29) is 22.2 Å². The summed E-state index contributed by atoms with van der Waals surface area (Å²) in [5.41, 5.74) is -3.91. The molecular formula is C15H14ClF3N2O4S2. The van der Waals surface area contributed by atoms with Crippen molar-refractivity contribution < 1.29 is 31.5 Å². The van der Waals surface area contributed by atoms with Gasteiger partial charge in [0, 0.05) is 11.4 Å². The van der Waals surface area contributed by atoms with Crippen molar-refractivity contribution in [2.45, 2.75) is 30.1 Å². The highest BCUT2D eigenvalue weighted by Crippen LogP contribution is 2.32. The summed E-state index contributed by atoms with van der Waals surface area (Å²) in [7, 11) is -3.93. The number of sulfonamides is 1. The van der Waals surface area contributed by atoms with E-state index in [1.807, 2.05) is 5.32 Å². The second-order valence-corrected chi connectivity index (χ2v) is 8.78. The SMILES string of the molecule is C[C@@](O)(C(=O)Nc1ccc(S(=O)(=O)NCc2cccs2)cc1Cl)C(F)(F)F. The molecule has 1 heterocycles. The number of hydrogen-bond acceptors (Lipinski definition) is 5.